The zero-order valence-corrected chi connectivity index (χ0v) is 35.3. The van der Waals surface area contributed by atoms with Crippen LogP contribution in [0.5, 0.6) is 17.2 Å². The molecule has 6 rings (SSSR count). The van der Waals surface area contributed by atoms with E-state index in [1.807, 2.05) is 0 Å². The first-order valence-electron chi connectivity index (χ1n) is 19.5. The van der Waals surface area contributed by atoms with Gasteiger partial charge in [-0.15, -0.1) is 0 Å². The molecular formula is C42H39ClN6O17. The number of nitro groups is 3. The van der Waals surface area contributed by atoms with Gasteiger partial charge in [0.1, 0.15) is 33.8 Å². The van der Waals surface area contributed by atoms with Crippen molar-refractivity contribution in [2.24, 2.45) is 0 Å². The number of hydrogen-bond donors (Lipinski definition) is 2. The maximum absolute atomic E-state index is 12.0. The van der Waals surface area contributed by atoms with Crippen molar-refractivity contribution in [2.45, 2.75) is 51.4 Å². The molecule has 346 valence electrons. The number of fused-ring (bicyclic) bond motifs is 3. The number of unbranched alkanes of at least 4 members (excludes halogenated alkanes) is 2. The Balaban J connectivity index is 0.000000297. The zero-order chi connectivity index (χ0) is 48.0. The summed E-state index contributed by atoms with van der Waals surface area (Å²) in [4.78, 5) is 87.7. The summed E-state index contributed by atoms with van der Waals surface area (Å²) in [6.45, 7) is -0.818. The maximum Gasteiger partial charge on any atom is 0.308 e. The molecule has 0 radical (unpaired) electrons. The Morgan fingerprint density at radius 2 is 0.818 bits per heavy atom. The molecule has 0 unspecified atom stereocenters. The summed E-state index contributed by atoms with van der Waals surface area (Å²) in [6, 6.07) is 17.7. The van der Waals surface area contributed by atoms with E-state index in [1.165, 1.54) is 48.8 Å². The lowest BCUT2D eigenvalue weighted by Gasteiger charge is -2.10. The lowest BCUT2D eigenvalue weighted by Crippen LogP contribution is -2.12. The van der Waals surface area contributed by atoms with Crippen molar-refractivity contribution in [3.05, 3.63) is 122 Å². The summed E-state index contributed by atoms with van der Waals surface area (Å²) in [5, 5.41) is 50.5. The van der Waals surface area contributed by atoms with Crippen LogP contribution in [-0.2, 0) is 28.7 Å². The number of carboxylic acids is 2. The monoisotopic (exact) mass is 934 g/mol. The minimum absolute atomic E-state index is 0.00465. The van der Waals surface area contributed by atoms with Crippen LogP contribution in [0.2, 0.25) is 0 Å². The molecular weight excluding hydrogens is 896 g/mol. The van der Waals surface area contributed by atoms with Gasteiger partial charge in [-0.1, -0.05) is 11.6 Å². The third-order valence-corrected chi connectivity index (χ3v) is 8.95. The third kappa shape index (κ3) is 15.2. The molecule has 0 saturated heterocycles. The molecule has 0 bridgehead atoms. The van der Waals surface area contributed by atoms with Crippen molar-refractivity contribution in [3.8, 4) is 17.2 Å². The number of carbonyl (C=O) groups is 4. The molecule has 0 aliphatic heterocycles. The molecule has 0 spiro atoms. The van der Waals surface area contributed by atoms with Crippen molar-refractivity contribution in [3.63, 3.8) is 0 Å². The average Bonchev–Trinajstić information content (AvgIpc) is 3.29. The van der Waals surface area contributed by atoms with Gasteiger partial charge in [0.25, 0.3) is 17.1 Å². The van der Waals surface area contributed by atoms with Crippen LogP contribution in [-0.4, -0.2) is 83.5 Å². The Morgan fingerprint density at radius 1 is 0.500 bits per heavy atom. The molecule has 6 aromatic rings. The Labute approximate surface area is 377 Å². The number of aromatic nitrogens is 3. The van der Waals surface area contributed by atoms with Crippen LogP contribution in [0, 0.1) is 30.3 Å². The van der Waals surface area contributed by atoms with E-state index in [0.29, 0.717) is 53.1 Å². The molecule has 3 aromatic carbocycles. The molecule has 0 aliphatic rings. The normalized spacial score (nSPS) is 10.4. The quantitative estimate of drug-likeness (QED) is 0.0172. The summed E-state index contributed by atoms with van der Waals surface area (Å²) >= 11 is 5.45. The summed E-state index contributed by atoms with van der Waals surface area (Å²) in [5.41, 5.74) is 0.757. The van der Waals surface area contributed by atoms with Crippen LogP contribution < -0.4 is 14.2 Å². The van der Waals surface area contributed by atoms with Crippen molar-refractivity contribution in [1.82, 2.24) is 15.0 Å². The molecule has 2 N–H and O–H groups in total. The fraction of sp³-hybridized carbons (Fsp3) is 0.262. The number of esters is 2. The number of nitrogens with zero attached hydrogens (tertiary/aromatic N) is 6. The van der Waals surface area contributed by atoms with E-state index in [9.17, 15) is 49.5 Å². The molecule has 0 fully saturated rings. The first-order valence-corrected chi connectivity index (χ1v) is 20.0. The molecule has 0 atom stereocenters. The van der Waals surface area contributed by atoms with Crippen molar-refractivity contribution in [1.29, 1.82) is 0 Å². The highest BCUT2D eigenvalue weighted by molar-refractivity contribution is 6.17. The lowest BCUT2D eigenvalue weighted by atomic mass is 10.1. The van der Waals surface area contributed by atoms with Gasteiger partial charge in [-0.3, -0.25) is 64.5 Å². The number of benzene rings is 3. The van der Waals surface area contributed by atoms with Crippen molar-refractivity contribution >= 4 is 85.2 Å². The Bertz CT molecular complexity index is 2570. The second-order valence-electron chi connectivity index (χ2n) is 13.2. The Hall–Kier alpha value is -8.34. The third-order valence-electron chi connectivity index (χ3n) is 8.84. The summed E-state index contributed by atoms with van der Waals surface area (Å²) in [6.07, 6.45) is 6.28. The minimum Gasteiger partial charge on any atom is -0.481 e. The minimum atomic E-state index is -0.870. The average molecular weight is 935 g/mol. The smallest absolute Gasteiger partial charge is 0.308 e. The SMILES string of the molecule is O=C(CCCCC(=O)OCOc1ccc([N+](=O)[O-])c2cccnc12)OCOc1ccc([N+](=O)[O-])c2cccnc12.O=C(O)CCCCC(=O)O.O=[N+]([O-])c1ccc(OCCl)c2ncccc12. The number of alkyl halides is 1. The van der Waals surface area contributed by atoms with E-state index >= 15 is 0 Å². The lowest BCUT2D eigenvalue weighted by molar-refractivity contribution is -0.383. The Morgan fingerprint density at radius 3 is 1.12 bits per heavy atom. The van der Waals surface area contributed by atoms with Crippen LogP contribution in [0.1, 0.15) is 51.4 Å². The Kier molecular flexibility index (Phi) is 19.6. The second-order valence-corrected chi connectivity index (χ2v) is 13.4. The second kappa shape index (κ2) is 25.7. The first kappa shape index (κ1) is 50.3. The van der Waals surface area contributed by atoms with Gasteiger partial charge in [0.05, 0.1) is 30.9 Å². The fourth-order valence-electron chi connectivity index (χ4n) is 5.83. The molecule has 0 amide bonds. The standard InChI is InChI=1S/C26H22N4O10.C10H7ClN2O3.C6H10O4/c31-23(39-15-37-21-11-9-19(29(33)34)17-5-3-13-27-25(17)21)7-1-2-8-24(32)40-16-38-22-12-10-20(30(35)36)18-6-4-14-28-26(18)22;11-6-16-9-4-3-8(13(14)15)7-2-1-5-12-10(7)9;7-5(8)3-1-2-4-6(9)10/h3-6,9-14H,1-2,7-8,15-16H2;1-5H,6H2;1-4H2,(H,7,8)(H,9,10). The number of carboxylic acid groups (broad SMARTS) is 2. The van der Waals surface area contributed by atoms with E-state index in [2.05, 4.69) is 15.0 Å². The molecule has 3 aromatic heterocycles. The number of halogens is 1. The predicted molar refractivity (Wildman–Crippen MR) is 232 cm³/mol. The fourth-order valence-corrected chi connectivity index (χ4v) is 5.95. The topological polar surface area (TPSA) is 323 Å². The van der Waals surface area contributed by atoms with Crippen molar-refractivity contribution < 1.29 is 67.8 Å². The molecule has 0 saturated carbocycles. The van der Waals surface area contributed by atoms with E-state index in [4.69, 9.17) is 45.5 Å². The number of hydrogen-bond acceptors (Lipinski definition) is 18. The molecule has 24 heteroatoms. The highest BCUT2D eigenvalue weighted by Crippen LogP contribution is 2.33. The van der Waals surface area contributed by atoms with Gasteiger partial charge in [-0.25, -0.2) is 0 Å². The van der Waals surface area contributed by atoms with Gasteiger partial charge >= 0.3 is 23.9 Å². The number of nitro benzene ring substituents is 3. The van der Waals surface area contributed by atoms with Gasteiger partial charge in [-0.2, -0.15) is 0 Å². The highest BCUT2D eigenvalue weighted by atomic mass is 35.5. The van der Waals surface area contributed by atoms with E-state index in [0.717, 1.165) is 0 Å². The van der Waals surface area contributed by atoms with Gasteiger partial charge in [0.15, 0.2) is 6.07 Å². The summed E-state index contributed by atoms with van der Waals surface area (Å²) in [5.74, 6) is -1.93. The highest BCUT2D eigenvalue weighted by Gasteiger charge is 2.19. The van der Waals surface area contributed by atoms with E-state index in [1.54, 1.807) is 42.6 Å². The van der Waals surface area contributed by atoms with Gasteiger partial charge in [0.2, 0.25) is 13.6 Å². The molecule has 23 nitrogen and oxygen atoms in total. The van der Waals surface area contributed by atoms with E-state index < -0.39 is 52.2 Å². The summed E-state index contributed by atoms with van der Waals surface area (Å²) < 4.78 is 26.1. The number of ether oxygens (including phenoxy) is 5. The predicted octanol–water partition coefficient (Wildman–Crippen LogP) is 8.05. The van der Waals surface area contributed by atoms with Gasteiger partial charge in [0, 0.05) is 62.5 Å². The largest absolute Gasteiger partial charge is 0.481 e. The van der Waals surface area contributed by atoms with Crippen LogP contribution in [0.3, 0.4) is 0 Å². The molecule has 0 aliphatic carbocycles. The number of rotatable bonds is 21. The van der Waals surface area contributed by atoms with E-state index in [-0.39, 0.29) is 71.3 Å². The van der Waals surface area contributed by atoms with Crippen molar-refractivity contribution in [2.75, 3.05) is 19.7 Å². The number of carbonyl (C=O) groups excluding carboxylic acids is 2. The van der Waals surface area contributed by atoms with Crippen LogP contribution in [0.25, 0.3) is 32.7 Å². The molecule has 66 heavy (non-hydrogen) atoms. The zero-order valence-electron chi connectivity index (χ0n) is 34.5. The van der Waals surface area contributed by atoms with Crippen LogP contribution >= 0.6 is 11.6 Å². The van der Waals surface area contributed by atoms with Crippen LogP contribution in [0.15, 0.2) is 91.4 Å². The summed E-state index contributed by atoms with van der Waals surface area (Å²) in [7, 11) is 0. The van der Waals surface area contributed by atoms with Crippen LogP contribution in [0.4, 0.5) is 17.1 Å². The number of pyridine rings is 3. The maximum atomic E-state index is 12.0. The molecule has 3 heterocycles. The van der Waals surface area contributed by atoms with Gasteiger partial charge in [-0.05, 0) is 80.3 Å². The first-order chi connectivity index (χ1) is 31.7. The van der Waals surface area contributed by atoms with Gasteiger partial charge < -0.3 is 33.9 Å². The number of aliphatic carboxylic acids is 2. The number of non-ortho nitro benzene ring substituents is 3.